The smallest absolute Gasteiger partial charge is 0.422 e. The minimum atomic E-state index is -1.30. The van der Waals surface area contributed by atoms with Gasteiger partial charge in [0.05, 0.1) is 13.2 Å². The molecule has 132 valence electrons. The van der Waals surface area contributed by atoms with Crippen LogP contribution in [-0.4, -0.2) is 37.2 Å². The maximum absolute atomic E-state index is 11.5. The molecule has 0 rings (SSSR count). The molecule has 8 nitrogen and oxygen atoms in total. The molecule has 0 saturated heterocycles. The third-order valence-electron chi connectivity index (χ3n) is 2.46. The first-order valence-electron chi connectivity index (χ1n) is 7.54. The summed E-state index contributed by atoms with van der Waals surface area (Å²) in [7, 11) is 0. The third-order valence-corrected chi connectivity index (χ3v) is 2.46. The zero-order chi connectivity index (χ0) is 17.5. The Kier molecular flexibility index (Phi) is 12.3. The molecule has 0 amide bonds. The fraction of sp³-hybridized carbons (Fsp3) is 0.667. The van der Waals surface area contributed by atoms with Crippen LogP contribution in [0.2, 0.25) is 0 Å². The van der Waals surface area contributed by atoms with Gasteiger partial charge in [-0.15, -0.1) is 0 Å². The second-order valence-corrected chi connectivity index (χ2v) is 4.52. The predicted octanol–water partition coefficient (Wildman–Crippen LogP) is 2.02. The van der Waals surface area contributed by atoms with E-state index >= 15 is 0 Å². The Hall–Kier alpha value is -2.09. The lowest BCUT2D eigenvalue weighted by atomic mass is 10.3. The average molecular weight is 332 g/mol. The molecule has 8 heteroatoms. The van der Waals surface area contributed by atoms with E-state index in [2.05, 4.69) is 14.4 Å². The van der Waals surface area contributed by atoms with Crippen molar-refractivity contribution in [2.24, 2.45) is 0 Å². The Labute approximate surface area is 135 Å². The van der Waals surface area contributed by atoms with E-state index in [4.69, 9.17) is 9.62 Å². The molecule has 0 bridgehead atoms. The van der Waals surface area contributed by atoms with E-state index in [0.29, 0.717) is 13.0 Å². The van der Waals surface area contributed by atoms with E-state index in [1.165, 1.54) is 6.92 Å². The molecule has 23 heavy (non-hydrogen) atoms. The highest BCUT2D eigenvalue weighted by Crippen LogP contribution is 1.99. The summed E-state index contributed by atoms with van der Waals surface area (Å²) in [5.74, 6) is -3.31. The molecule has 0 radical (unpaired) electrons. The Bertz CT molecular complexity index is 391. The first-order chi connectivity index (χ1) is 11.0. The van der Waals surface area contributed by atoms with Crippen molar-refractivity contribution in [2.75, 3.05) is 13.2 Å². The molecule has 1 unspecified atom stereocenters. The largest absolute Gasteiger partial charge is 0.463 e. The first kappa shape index (κ1) is 20.9. The quantitative estimate of drug-likeness (QED) is 0.108. The van der Waals surface area contributed by atoms with E-state index in [1.54, 1.807) is 0 Å². The molecule has 1 atom stereocenters. The van der Waals surface area contributed by atoms with Crippen molar-refractivity contribution in [3.63, 3.8) is 0 Å². The van der Waals surface area contributed by atoms with E-state index in [-0.39, 0.29) is 6.61 Å². The molecule has 0 aromatic rings. The highest BCUT2D eigenvalue weighted by molar-refractivity contribution is 6.30. The molecule has 0 aromatic carbocycles. The Morgan fingerprint density at radius 3 is 2.26 bits per heavy atom. The lowest BCUT2D eigenvalue weighted by Crippen LogP contribution is -2.30. The summed E-state index contributed by atoms with van der Waals surface area (Å²) in [6.07, 6.45) is 3.95. The Morgan fingerprint density at radius 1 is 0.957 bits per heavy atom. The lowest BCUT2D eigenvalue weighted by Gasteiger charge is -2.11. The summed E-state index contributed by atoms with van der Waals surface area (Å²) < 4.78 is 13.9. The van der Waals surface area contributed by atoms with E-state index < -0.39 is 24.0 Å². The highest BCUT2D eigenvalue weighted by atomic mass is 17.2. The monoisotopic (exact) mass is 332 g/mol. The van der Waals surface area contributed by atoms with Crippen LogP contribution in [0.1, 0.15) is 46.5 Å². The highest BCUT2D eigenvalue weighted by Gasteiger charge is 2.24. The van der Waals surface area contributed by atoms with Crippen molar-refractivity contribution in [1.29, 1.82) is 0 Å². The minimum absolute atomic E-state index is 0.236. The van der Waals surface area contributed by atoms with Gasteiger partial charge in [-0.3, -0.25) is 0 Å². The van der Waals surface area contributed by atoms with Gasteiger partial charge in [-0.1, -0.05) is 26.7 Å². The van der Waals surface area contributed by atoms with Crippen molar-refractivity contribution in [3.8, 4) is 0 Å². The summed E-state index contributed by atoms with van der Waals surface area (Å²) in [4.78, 5) is 43.4. The predicted molar refractivity (Wildman–Crippen MR) is 78.6 cm³/mol. The summed E-state index contributed by atoms with van der Waals surface area (Å²) in [5, 5.41) is 0. The molecule has 0 aliphatic heterocycles. The van der Waals surface area contributed by atoms with E-state index in [9.17, 15) is 14.4 Å². The van der Waals surface area contributed by atoms with Crippen molar-refractivity contribution in [3.05, 3.63) is 12.5 Å². The Morgan fingerprint density at radius 2 is 1.61 bits per heavy atom. The fourth-order valence-corrected chi connectivity index (χ4v) is 1.14. The van der Waals surface area contributed by atoms with Crippen LogP contribution in [0.3, 0.4) is 0 Å². The molecular formula is C15H24O8. The van der Waals surface area contributed by atoms with E-state index in [1.807, 2.05) is 13.8 Å². The van der Waals surface area contributed by atoms with Gasteiger partial charge in [0.2, 0.25) is 0 Å². The second-order valence-electron chi connectivity index (χ2n) is 4.52. The normalized spacial score (nSPS) is 11.8. The van der Waals surface area contributed by atoms with Crippen LogP contribution >= 0.6 is 0 Å². The molecule has 0 N–H and O–H groups in total. The summed E-state index contributed by atoms with van der Waals surface area (Å²) in [5.41, 5.74) is 0. The number of carbonyl (C=O) groups excluding carboxylic acids is 3. The van der Waals surface area contributed by atoms with Gasteiger partial charge in [0.25, 0.3) is 0 Å². The number of rotatable bonds is 11. The maximum Gasteiger partial charge on any atom is 0.422 e. The van der Waals surface area contributed by atoms with Crippen LogP contribution in [0.15, 0.2) is 12.5 Å². The number of unbranched alkanes of at least 4 members (excludes halogenated alkanes) is 2. The van der Waals surface area contributed by atoms with Crippen molar-refractivity contribution in [1.82, 2.24) is 0 Å². The van der Waals surface area contributed by atoms with Crippen LogP contribution < -0.4 is 0 Å². The zero-order valence-corrected chi connectivity index (χ0v) is 13.7. The van der Waals surface area contributed by atoms with Crippen LogP contribution in [0, 0.1) is 0 Å². The van der Waals surface area contributed by atoms with Gasteiger partial charge in [-0.2, -0.15) is 4.89 Å². The number of hydrogen-bond acceptors (Lipinski definition) is 8. The zero-order valence-electron chi connectivity index (χ0n) is 13.7. The van der Waals surface area contributed by atoms with E-state index in [0.717, 1.165) is 31.8 Å². The molecule has 0 heterocycles. The third kappa shape index (κ3) is 11.2. The second kappa shape index (κ2) is 13.6. The summed E-state index contributed by atoms with van der Waals surface area (Å²) in [6.45, 7) is 5.88. The molecular weight excluding hydrogens is 308 g/mol. The van der Waals surface area contributed by atoms with Gasteiger partial charge >= 0.3 is 17.9 Å². The molecule has 0 saturated carbocycles. The first-order valence-corrected chi connectivity index (χ1v) is 7.54. The van der Waals surface area contributed by atoms with Gasteiger partial charge in [0.1, 0.15) is 6.26 Å². The standard InChI is InChI=1S/C15H24O8/c1-4-6-8-19-13(16)12(3)23-15(18)14(17)20-10-11-22-21-9-7-5-2/h10-12H,4-9H2,1-3H3. The number of carbonyl (C=O) groups is 3. The minimum Gasteiger partial charge on any atom is -0.463 e. The number of ether oxygens (including phenoxy) is 3. The molecule has 0 spiro atoms. The van der Waals surface area contributed by atoms with Crippen LogP contribution in [0.5, 0.6) is 0 Å². The van der Waals surface area contributed by atoms with Gasteiger partial charge in [0.15, 0.2) is 12.4 Å². The van der Waals surface area contributed by atoms with Crippen LogP contribution in [0.25, 0.3) is 0 Å². The topological polar surface area (TPSA) is 97.4 Å². The van der Waals surface area contributed by atoms with Gasteiger partial charge < -0.3 is 19.1 Å². The molecule has 0 fully saturated rings. The Balaban J connectivity index is 3.93. The molecule has 0 aliphatic rings. The van der Waals surface area contributed by atoms with Crippen molar-refractivity contribution >= 4 is 17.9 Å². The SMILES string of the molecule is CCCCOOC=COC(=O)C(=O)OC(C)C(=O)OCCCC. The number of hydrogen-bond donors (Lipinski definition) is 0. The van der Waals surface area contributed by atoms with Gasteiger partial charge in [-0.25, -0.2) is 14.4 Å². The lowest BCUT2D eigenvalue weighted by molar-refractivity contribution is -0.250. The number of esters is 3. The van der Waals surface area contributed by atoms with Gasteiger partial charge in [0, 0.05) is 0 Å². The van der Waals surface area contributed by atoms with Gasteiger partial charge in [-0.05, 0) is 19.8 Å². The molecule has 0 aliphatic carbocycles. The van der Waals surface area contributed by atoms with Crippen LogP contribution in [-0.2, 0) is 38.4 Å². The average Bonchev–Trinajstić information content (AvgIpc) is 2.53. The maximum atomic E-state index is 11.5. The fourth-order valence-electron chi connectivity index (χ4n) is 1.14. The van der Waals surface area contributed by atoms with Crippen molar-refractivity contribution < 1.29 is 38.4 Å². The summed E-state index contributed by atoms with van der Waals surface area (Å²) >= 11 is 0. The van der Waals surface area contributed by atoms with Crippen LogP contribution in [0.4, 0.5) is 0 Å². The van der Waals surface area contributed by atoms with Crippen molar-refractivity contribution in [2.45, 2.75) is 52.6 Å². The summed E-state index contributed by atoms with van der Waals surface area (Å²) in [6, 6.07) is 0. The molecule has 0 aromatic heterocycles.